The molecule has 2 rings (SSSR count). The molecule has 1 heterocycles. The molecule has 0 aromatic heterocycles. The molecule has 0 spiro atoms. The first kappa shape index (κ1) is 16.1. The predicted molar refractivity (Wildman–Crippen MR) is 80.3 cm³/mol. The van der Waals surface area contributed by atoms with E-state index in [1.54, 1.807) is 4.90 Å². The van der Waals surface area contributed by atoms with Crippen molar-refractivity contribution in [2.75, 3.05) is 27.2 Å². The Morgan fingerprint density at radius 3 is 2.52 bits per heavy atom. The van der Waals surface area contributed by atoms with Crippen LogP contribution in [-0.2, 0) is 4.79 Å². The number of carboxylic acids is 1. The average Bonchev–Trinajstić information content (AvgIpc) is 2.36. The number of likely N-dealkylation sites (tertiary alicyclic amines) is 1. The summed E-state index contributed by atoms with van der Waals surface area (Å²) in [5.41, 5.74) is 0.0910. The predicted octanol–water partition coefficient (Wildman–Crippen LogP) is 1.51. The van der Waals surface area contributed by atoms with Gasteiger partial charge in [-0.1, -0.05) is 0 Å². The molecule has 120 valence electrons. The highest BCUT2D eigenvalue weighted by molar-refractivity contribution is 5.76. The van der Waals surface area contributed by atoms with Gasteiger partial charge in [0, 0.05) is 24.7 Å². The minimum absolute atomic E-state index is 0.0479. The Morgan fingerprint density at radius 1 is 1.29 bits per heavy atom. The van der Waals surface area contributed by atoms with E-state index in [2.05, 4.69) is 24.3 Å². The zero-order valence-electron chi connectivity index (χ0n) is 13.1. The van der Waals surface area contributed by atoms with Crippen molar-refractivity contribution in [1.29, 1.82) is 0 Å². The molecule has 0 radical (unpaired) electrons. The van der Waals surface area contributed by atoms with E-state index < -0.39 is 5.97 Å². The van der Waals surface area contributed by atoms with Crippen molar-refractivity contribution in [3.8, 4) is 0 Å². The van der Waals surface area contributed by atoms with Gasteiger partial charge >= 0.3 is 12.0 Å². The van der Waals surface area contributed by atoms with Crippen LogP contribution in [0, 0.1) is 0 Å². The number of amides is 2. The van der Waals surface area contributed by atoms with E-state index in [-0.39, 0.29) is 24.0 Å². The molecular formula is C15H27N3O3. The summed E-state index contributed by atoms with van der Waals surface area (Å²) in [5, 5.41) is 12.0. The van der Waals surface area contributed by atoms with Gasteiger partial charge in [-0.05, 0) is 52.6 Å². The summed E-state index contributed by atoms with van der Waals surface area (Å²) >= 11 is 0. The van der Waals surface area contributed by atoms with Crippen LogP contribution >= 0.6 is 0 Å². The highest BCUT2D eigenvalue weighted by atomic mass is 16.4. The van der Waals surface area contributed by atoms with Crippen LogP contribution in [-0.4, -0.2) is 65.7 Å². The normalized spacial score (nSPS) is 24.5. The molecule has 2 fully saturated rings. The number of rotatable bonds is 5. The van der Waals surface area contributed by atoms with Gasteiger partial charge in [-0.2, -0.15) is 0 Å². The van der Waals surface area contributed by atoms with Crippen molar-refractivity contribution in [2.24, 2.45) is 0 Å². The van der Waals surface area contributed by atoms with E-state index >= 15 is 0 Å². The lowest BCUT2D eigenvalue weighted by atomic mass is 9.75. The molecule has 0 aromatic rings. The number of likely N-dealkylation sites (N-methyl/N-ethyl adjacent to an activating group) is 1. The number of urea groups is 1. The first-order chi connectivity index (χ1) is 9.94. The molecule has 1 unspecified atom stereocenters. The maximum atomic E-state index is 12.4. The Labute approximate surface area is 126 Å². The second kappa shape index (κ2) is 6.64. The number of hydrogen-bond acceptors (Lipinski definition) is 3. The van der Waals surface area contributed by atoms with Crippen LogP contribution in [0.3, 0.4) is 0 Å². The zero-order chi connectivity index (χ0) is 15.5. The molecule has 2 N–H and O–H groups in total. The third-order valence-electron chi connectivity index (χ3n) is 5.10. The lowest BCUT2D eigenvalue weighted by Crippen LogP contribution is -2.59. The summed E-state index contributed by atoms with van der Waals surface area (Å²) in [7, 11) is 4.11. The number of hydrogen-bond donors (Lipinski definition) is 2. The Kier molecular flexibility index (Phi) is 5.08. The molecule has 2 aliphatic rings. The average molecular weight is 297 g/mol. The highest BCUT2D eigenvalue weighted by Gasteiger charge is 2.40. The number of piperidine rings is 1. The molecule has 1 aliphatic carbocycles. The molecule has 2 amide bonds. The van der Waals surface area contributed by atoms with Gasteiger partial charge in [-0.25, -0.2) is 4.79 Å². The molecule has 0 bridgehead atoms. The number of carboxylic acid groups (broad SMARTS) is 1. The van der Waals surface area contributed by atoms with Crippen LogP contribution in [0.2, 0.25) is 0 Å². The van der Waals surface area contributed by atoms with Crippen molar-refractivity contribution < 1.29 is 14.7 Å². The molecule has 6 heteroatoms. The maximum absolute atomic E-state index is 12.4. The van der Waals surface area contributed by atoms with Crippen LogP contribution in [0.25, 0.3) is 0 Å². The lowest BCUT2D eigenvalue weighted by Gasteiger charge is -2.48. The van der Waals surface area contributed by atoms with Gasteiger partial charge < -0.3 is 20.2 Å². The Bertz CT molecular complexity index is 394. The van der Waals surface area contributed by atoms with Gasteiger partial charge in [0.25, 0.3) is 0 Å². The Hall–Kier alpha value is -1.30. The fraction of sp³-hybridized carbons (Fsp3) is 0.867. The van der Waals surface area contributed by atoms with E-state index in [0.717, 1.165) is 32.1 Å². The highest BCUT2D eigenvalue weighted by Crippen LogP contribution is 2.35. The number of carbonyl (C=O) groups excluding carboxylic acids is 1. The minimum Gasteiger partial charge on any atom is -0.481 e. The topological polar surface area (TPSA) is 72.9 Å². The first-order valence-electron chi connectivity index (χ1n) is 7.88. The quantitative estimate of drug-likeness (QED) is 0.807. The number of aliphatic carboxylic acids is 1. The van der Waals surface area contributed by atoms with Gasteiger partial charge in [0.05, 0.1) is 6.42 Å². The molecule has 1 atom stereocenters. The Balaban J connectivity index is 1.90. The molecule has 1 saturated heterocycles. The Morgan fingerprint density at radius 2 is 2.00 bits per heavy atom. The van der Waals surface area contributed by atoms with Gasteiger partial charge in [-0.15, -0.1) is 0 Å². The van der Waals surface area contributed by atoms with Gasteiger partial charge in [0.2, 0.25) is 0 Å². The third kappa shape index (κ3) is 3.67. The summed E-state index contributed by atoms with van der Waals surface area (Å²) in [6.07, 6.45) is 6.23. The standard InChI is InChI=1S/C15H27N3O3/c1-17(2)15(7-5-8-15)11-16-14(21)18-9-4-3-6-12(18)10-13(19)20/h12H,3-11H2,1-2H3,(H,16,21)(H,19,20). The summed E-state index contributed by atoms with van der Waals surface area (Å²) in [6.45, 7) is 1.31. The molecule has 21 heavy (non-hydrogen) atoms. The lowest BCUT2D eigenvalue weighted by molar-refractivity contribution is -0.138. The van der Waals surface area contributed by atoms with Crippen LogP contribution in [0.5, 0.6) is 0 Å². The minimum atomic E-state index is -0.830. The van der Waals surface area contributed by atoms with E-state index in [4.69, 9.17) is 5.11 Å². The van der Waals surface area contributed by atoms with Gasteiger partial charge in [-0.3, -0.25) is 4.79 Å². The van der Waals surface area contributed by atoms with E-state index in [1.165, 1.54) is 6.42 Å². The van der Waals surface area contributed by atoms with Crippen LogP contribution in [0.15, 0.2) is 0 Å². The van der Waals surface area contributed by atoms with Gasteiger partial charge in [0.1, 0.15) is 0 Å². The van der Waals surface area contributed by atoms with Crippen molar-refractivity contribution >= 4 is 12.0 Å². The van der Waals surface area contributed by atoms with Crippen LogP contribution < -0.4 is 5.32 Å². The van der Waals surface area contributed by atoms with Gasteiger partial charge in [0.15, 0.2) is 0 Å². The monoisotopic (exact) mass is 297 g/mol. The summed E-state index contributed by atoms with van der Waals surface area (Å²) in [4.78, 5) is 27.3. The summed E-state index contributed by atoms with van der Waals surface area (Å²) < 4.78 is 0. The van der Waals surface area contributed by atoms with E-state index in [0.29, 0.717) is 13.1 Å². The molecular weight excluding hydrogens is 270 g/mol. The van der Waals surface area contributed by atoms with Crippen LogP contribution in [0.1, 0.15) is 44.9 Å². The fourth-order valence-corrected chi connectivity index (χ4v) is 3.39. The van der Waals surface area contributed by atoms with Crippen molar-refractivity contribution in [2.45, 2.75) is 56.5 Å². The van der Waals surface area contributed by atoms with E-state index in [9.17, 15) is 9.59 Å². The largest absolute Gasteiger partial charge is 0.481 e. The zero-order valence-corrected chi connectivity index (χ0v) is 13.1. The molecule has 1 aliphatic heterocycles. The number of carbonyl (C=O) groups is 2. The maximum Gasteiger partial charge on any atom is 0.317 e. The van der Waals surface area contributed by atoms with Crippen molar-refractivity contribution in [3.05, 3.63) is 0 Å². The van der Waals surface area contributed by atoms with Crippen molar-refractivity contribution in [1.82, 2.24) is 15.1 Å². The fourth-order valence-electron chi connectivity index (χ4n) is 3.39. The molecule has 6 nitrogen and oxygen atoms in total. The van der Waals surface area contributed by atoms with Crippen LogP contribution in [0.4, 0.5) is 4.79 Å². The van der Waals surface area contributed by atoms with E-state index in [1.807, 2.05) is 0 Å². The number of nitrogens with zero attached hydrogens (tertiary/aromatic N) is 2. The third-order valence-corrected chi connectivity index (χ3v) is 5.10. The second-order valence-electron chi connectivity index (χ2n) is 6.57. The molecule has 0 aromatic carbocycles. The summed E-state index contributed by atoms with van der Waals surface area (Å²) in [6, 6.07) is -0.262. The summed E-state index contributed by atoms with van der Waals surface area (Å²) in [5.74, 6) is -0.830. The smallest absolute Gasteiger partial charge is 0.317 e. The number of nitrogens with one attached hydrogen (secondary N) is 1. The first-order valence-corrected chi connectivity index (χ1v) is 7.88. The molecule has 1 saturated carbocycles. The SMILES string of the molecule is CN(C)C1(CNC(=O)N2CCCCC2CC(=O)O)CCC1. The second-order valence-corrected chi connectivity index (χ2v) is 6.57. The van der Waals surface area contributed by atoms with Crippen molar-refractivity contribution in [3.63, 3.8) is 0 Å².